The molecule has 22 heavy (non-hydrogen) atoms. The third-order valence-corrected chi connectivity index (χ3v) is 4.26. The standard InChI is InChI=1S/C15H20O.C5H5.Fe/c1-11-7-6-10-15(2,3)13(11)14(16)12-8-4-5-9-12;1-2-4-5-3-1;/h4-5,7-9,13,16H,6,10H2,1-3H3;1-5H;/q;-1;+2/p-1. The van der Waals surface area contributed by atoms with Crippen molar-refractivity contribution in [1.29, 1.82) is 0 Å². The zero-order chi connectivity index (χ0) is 15.3. The van der Waals surface area contributed by atoms with Gasteiger partial charge in [0.1, 0.15) is 0 Å². The molecule has 0 fully saturated rings. The van der Waals surface area contributed by atoms with Gasteiger partial charge >= 0.3 is 17.1 Å². The van der Waals surface area contributed by atoms with Crippen LogP contribution in [-0.2, 0) is 17.1 Å². The smallest absolute Gasteiger partial charge is 0.875 e. The molecule has 2 aliphatic rings. The van der Waals surface area contributed by atoms with Crippen LogP contribution < -0.4 is 5.11 Å². The molecule has 0 amide bonds. The van der Waals surface area contributed by atoms with Gasteiger partial charge in [0.05, 0.1) is 0 Å². The van der Waals surface area contributed by atoms with Gasteiger partial charge in [0.2, 0.25) is 0 Å². The van der Waals surface area contributed by atoms with Crippen molar-refractivity contribution < 1.29 is 22.2 Å². The van der Waals surface area contributed by atoms with Crippen LogP contribution in [0.5, 0.6) is 0 Å². The largest absolute Gasteiger partial charge is 2.00 e. The molecule has 3 rings (SSSR count). The zero-order valence-corrected chi connectivity index (χ0v) is 14.6. The van der Waals surface area contributed by atoms with Crippen LogP contribution in [-0.4, -0.2) is 0 Å². The maximum absolute atomic E-state index is 12.4. The van der Waals surface area contributed by atoms with Crippen molar-refractivity contribution in [2.75, 3.05) is 0 Å². The molecule has 0 bridgehead atoms. The van der Waals surface area contributed by atoms with E-state index in [4.69, 9.17) is 0 Å². The molecule has 1 nitrogen and oxygen atoms in total. The summed E-state index contributed by atoms with van der Waals surface area (Å²) in [5.41, 5.74) is 2.18. The molecule has 118 valence electrons. The molecular formula is C20H24FeO. The molecule has 1 aromatic rings. The average molecular weight is 336 g/mol. The van der Waals surface area contributed by atoms with Crippen molar-refractivity contribution in [1.82, 2.24) is 0 Å². The maximum atomic E-state index is 12.4. The van der Waals surface area contributed by atoms with Gasteiger partial charge in [-0.05, 0) is 36.7 Å². The van der Waals surface area contributed by atoms with E-state index in [0.29, 0.717) is 0 Å². The second-order valence-electron chi connectivity index (χ2n) is 6.41. The van der Waals surface area contributed by atoms with E-state index in [0.717, 1.165) is 18.4 Å². The van der Waals surface area contributed by atoms with E-state index < -0.39 is 0 Å². The molecule has 0 N–H and O–H groups in total. The predicted molar refractivity (Wildman–Crippen MR) is 87.6 cm³/mol. The quantitative estimate of drug-likeness (QED) is 0.320. The minimum absolute atomic E-state index is 0. The van der Waals surface area contributed by atoms with Crippen LogP contribution in [0.15, 0.2) is 77.6 Å². The Morgan fingerprint density at radius 1 is 1.18 bits per heavy atom. The van der Waals surface area contributed by atoms with Gasteiger partial charge in [0.25, 0.3) is 0 Å². The summed E-state index contributed by atoms with van der Waals surface area (Å²) in [6.45, 7) is 6.50. The summed E-state index contributed by atoms with van der Waals surface area (Å²) < 4.78 is 0. The third kappa shape index (κ3) is 4.56. The number of rotatable bonds is 1. The van der Waals surface area contributed by atoms with E-state index >= 15 is 0 Å². The van der Waals surface area contributed by atoms with Crippen LogP contribution in [0.4, 0.5) is 0 Å². The molecule has 2 heteroatoms. The Bertz CT molecular complexity index is 540. The van der Waals surface area contributed by atoms with E-state index in [1.54, 1.807) is 0 Å². The first-order valence-corrected chi connectivity index (χ1v) is 7.61. The second kappa shape index (κ2) is 8.31. The van der Waals surface area contributed by atoms with Crippen LogP contribution in [0.3, 0.4) is 0 Å². The first-order valence-electron chi connectivity index (χ1n) is 7.61. The molecule has 1 atom stereocenters. The van der Waals surface area contributed by atoms with Gasteiger partial charge in [-0.3, -0.25) is 0 Å². The van der Waals surface area contributed by atoms with Gasteiger partial charge in [-0.1, -0.05) is 49.8 Å². The molecule has 2 aliphatic carbocycles. The van der Waals surface area contributed by atoms with Gasteiger partial charge in [0, 0.05) is 0 Å². The molecular weight excluding hydrogens is 312 g/mol. The van der Waals surface area contributed by atoms with E-state index in [-0.39, 0.29) is 34.2 Å². The van der Waals surface area contributed by atoms with Crippen molar-refractivity contribution >= 4 is 0 Å². The van der Waals surface area contributed by atoms with E-state index in [1.165, 1.54) is 5.57 Å². The predicted octanol–water partition coefficient (Wildman–Crippen LogP) is 4.51. The first kappa shape index (κ1) is 18.7. The van der Waals surface area contributed by atoms with Crippen LogP contribution in [0.25, 0.3) is 0 Å². The topological polar surface area (TPSA) is 23.1 Å². The molecule has 0 spiro atoms. The summed E-state index contributed by atoms with van der Waals surface area (Å²) in [4.78, 5) is 0. The number of hydrogen-bond donors (Lipinski definition) is 0. The Kier molecular flexibility index (Phi) is 7.06. The Balaban J connectivity index is 0.000000344. The van der Waals surface area contributed by atoms with E-state index in [2.05, 4.69) is 26.8 Å². The van der Waals surface area contributed by atoms with Crippen LogP contribution in [0, 0.1) is 11.3 Å². The summed E-state index contributed by atoms with van der Waals surface area (Å²) in [6, 6.07) is 10.0. The Morgan fingerprint density at radius 2 is 1.77 bits per heavy atom. The van der Waals surface area contributed by atoms with Crippen molar-refractivity contribution in [3.63, 3.8) is 0 Å². The zero-order valence-electron chi connectivity index (χ0n) is 13.5. The third-order valence-electron chi connectivity index (χ3n) is 4.26. The summed E-state index contributed by atoms with van der Waals surface area (Å²) in [7, 11) is 0. The molecule has 0 saturated carbocycles. The molecule has 0 aromatic heterocycles. The van der Waals surface area contributed by atoms with Crippen molar-refractivity contribution in [2.24, 2.45) is 11.3 Å². The summed E-state index contributed by atoms with van der Waals surface area (Å²) in [5.74, 6) is 0.340. The fourth-order valence-corrected chi connectivity index (χ4v) is 3.14. The van der Waals surface area contributed by atoms with Crippen molar-refractivity contribution in [2.45, 2.75) is 33.6 Å². The average Bonchev–Trinajstić information content (AvgIpc) is 3.14. The second-order valence-corrected chi connectivity index (χ2v) is 6.41. The van der Waals surface area contributed by atoms with Crippen molar-refractivity contribution in [3.8, 4) is 0 Å². The van der Waals surface area contributed by atoms with Gasteiger partial charge in [-0.15, -0.1) is 5.76 Å². The first-order chi connectivity index (χ1) is 10.0. The summed E-state index contributed by atoms with van der Waals surface area (Å²) in [5, 5.41) is 12.4. The minimum Gasteiger partial charge on any atom is -0.875 e. The van der Waals surface area contributed by atoms with Crippen LogP contribution >= 0.6 is 0 Å². The molecule has 0 heterocycles. The monoisotopic (exact) mass is 336 g/mol. The van der Waals surface area contributed by atoms with Gasteiger partial charge in [-0.2, -0.15) is 18.2 Å². The Morgan fingerprint density at radius 3 is 2.23 bits per heavy atom. The van der Waals surface area contributed by atoms with Gasteiger partial charge in [0.15, 0.2) is 0 Å². The fourth-order valence-electron chi connectivity index (χ4n) is 3.14. The molecule has 0 saturated heterocycles. The Hall–Kier alpha value is -1.37. The normalized spacial score (nSPS) is 21.5. The van der Waals surface area contributed by atoms with Crippen LogP contribution in [0.2, 0.25) is 0 Å². The van der Waals surface area contributed by atoms with Gasteiger partial charge < -0.3 is 5.11 Å². The maximum Gasteiger partial charge on any atom is 2.00 e. The number of allylic oxidation sites excluding steroid dienone is 7. The van der Waals surface area contributed by atoms with Crippen molar-refractivity contribution in [3.05, 3.63) is 77.6 Å². The fraction of sp³-hybridized carbons (Fsp3) is 0.350. The number of hydrogen-bond acceptors (Lipinski definition) is 1. The summed E-state index contributed by atoms with van der Waals surface area (Å²) >= 11 is 0. The van der Waals surface area contributed by atoms with E-state index in [1.807, 2.05) is 54.6 Å². The molecule has 1 unspecified atom stereocenters. The molecule has 0 aliphatic heterocycles. The van der Waals surface area contributed by atoms with Crippen LogP contribution in [0.1, 0.15) is 33.6 Å². The van der Waals surface area contributed by atoms with E-state index in [9.17, 15) is 5.11 Å². The molecule has 0 radical (unpaired) electrons. The Labute approximate surface area is 145 Å². The SMILES string of the molecule is CC1=CCCC(C)(C)C1C([O-])=C1C=CC=C1.[Fe+2].c1cc[cH-]c1. The van der Waals surface area contributed by atoms with Gasteiger partial charge in [-0.25, -0.2) is 12.1 Å². The molecule has 1 aromatic carbocycles. The summed E-state index contributed by atoms with van der Waals surface area (Å²) in [6.07, 6.45) is 12.1. The minimum atomic E-state index is 0.